The molecule has 0 unspecified atom stereocenters. The molecule has 0 N–H and O–H groups in total. The summed E-state index contributed by atoms with van der Waals surface area (Å²) in [6.07, 6.45) is 1.64. The molecule has 0 amide bonds. The maximum atomic E-state index is 5.73. The number of aromatic nitrogens is 4. The lowest BCUT2D eigenvalue weighted by atomic mass is 10.5. The molecule has 74 valence electrons. The minimum atomic E-state index is 0.432. The fourth-order valence-corrected chi connectivity index (χ4v) is 1.35. The second-order valence-corrected chi connectivity index (χ2v) is 3.68. The topological polar surface area (TPSA) is 46.3 Å². The van der Waals surface area contributed by atoms with Crippen molar-refractivity contribution >= 4 is 17.2 Å². The van der Waals surface area contributed by atoms with E-state index in [0.717, 1.165) is 18.0 Å². The smallest absolute Gasteiger partial charge is 0.165 e. The Balaban J connectivity index is 2.47. The Bertz CT molecular complexity index is 450. The largest absolute Gasteiger partial charge is 0.302 e. The molecule has 0 bridgehead atoms. The third-order valence-corrected chi connectivity index (χ3v) is 2.00. The second kappa shape index (κ2) is 3.51. The van der Waals surface area contributed by atoms with E-state index >= 15 is 0 Å². The number of hydrogen-bond donors (Lipinski definition) is 0. The molecule has 0 aliphatic rings. The van der Waals surface area contributed by atoms with Gasteiger partial charge in [-0.15, -0.1) is 10.2 Å². The van der Waals surface area contributed by atoms with Crippen LogP contribution < -0.4 is 0 Å². The molecule has 0 radical (unpaired) electrons. The van der Waals surface area contributed by atoms with Gasteiger partial charge in [0.25, 0.3) is 0 Å². The standard InChI is InChI=1S/C8H10ClN5/c1-13(2)4-8-12-11-7-3-6(9)10-5-14(7)8/h3,5H,4H2,1-2H3. The van der Waals surface area contributed by atoms with Gasteiger partial charge < -0.3 is 4.90 Å². The highest BCUT2D eigenvalue weighted by atomic mass is 35.5. The Morgan fingerprint density at radius 1 is 1.43 bits per heavy atom. The number of nitrogens with zero attached hydrogens (tertiary/aromatic N) is 5. The SMILES string of the molecule is CN(C)Cc1nnc2cc(Cl)ncn12. The van der Waals surface area contributed by atoms with E-state index in [1.54, 1.807) is 12.4 Å². The molecule has 0 aromatic carbocycles. The Morgan fingerprint density at radius 2 is 2.21 bits per heavy atom. The first-order chi connectivity index (χ1) is 6.66. The molecule has 0 saturated heterocycles. The van der Waals surface area contributed by atoms with E-state index in [-0.39, 0.29) is 0 Å². The summed E-state index contributed by atoms with van der Waals surface area (Å²) in [5.41, 5.74) is 0.724. The fourth-order valence-electron chi connectivity index (χ4n) is 1.21. The molecule has 5 nitrogen and oxygen atoms in total. The highest BCUT2D eigenvalue weighted by Crippen LogP contribution is 2.09. The van der Waals surface area contributed by atoms with Crippen LogP contribution in [0.3, 0.4) is 0 Å². The summed E-state index contributed by atoms with van der Waals surface area (Å²) in [5, 5.41) is 8.48. The van der Waals surface area contributed by atoms with Gasteiger partial charge in [0.05, 0.1) is 6.54 Å². The summed E-state index contributed by atoms with van der Waals surface area (Å²) < 4.78 is 1.83. The summed E-state index contributed by atoms with van der Waals surface area (Å²) in [5.74, 6) is 0.856. The predicted octanol–water partition coefficient (Wildman–Crippen LogP) is 0.839. The van der Waals surface area contributed by atoms with Crippen LogP contribution in [0.2, 0.25) is 5.15 Å². The second-order valence-electron chi connectivity index (χ2n) is 3.29. The van der Waals surface area contributed by atoms with E-state index < -0.39 is 0 Å². The lowest BCUT2D eigenvalue weighted by molar-refractivity contribution is 0.388. The zero-order valence-electron chi connectivity index (χ0n) is 7.98. The van der Waals surface area contributed by atoms with Gasteiger partial charge in [0, 0.05) is 6.07 Å². The van der Waals surface area contributed by atoms with Crippen molar-refractivity contribution in [3.05, 3.63) is 23.4 Å². The van der Waals surface area contributed by atoms with Crippen molar-refractivity contribution in [2.24, 2.45) is 0 Å². The van der Waals surface area contributed by atoms with Crippen LogP contribution in [0.15, 0.2) is 12.4 Å². The van der Waals surface area contributed by atoms with Crippen molar-refractivity contribution in [1.82, 2.24) is 24.5 Å². The minimum Gasteiger partial charge on any atom is -0.302 e. The quantitative estimate of drug-likeness (QED) is 0.691. The third kappa shape index (κ3) is 1.69. The number of hydrogen-bond acceptors (Lipinski definition) is 4. The summed E-state index contributed by atoms with van der Waals surface area (Å²) in [6.45, 7) is 0.727. The summed E-state index contributed by atoms with van der Waals surface area (Å²) in [4.78, 5) is 6.00. The zero-order chi connectivity index (χ0) is 10.1. The molecule has 14 heavy (non-hydrogen) atoms. The molecule has 2 rings (SSSR count). The number of rotatable bonds is 2. The van der Waals surface area contributed by atoms with Crippen molar-refractivity contribution in [2.45, 2.75) is 6.54 Å². The van der Waals surface area contributed by atoms with Crippen LogP contribution in [-0.4, -0.2) is 38.6 Å². The van der Waals surface area contributed by atoms with E-state index in [2.05, 4.69) is 15.2 Å². The first-order valence-corrected chi connectivity index (χ1v) is 4.54. The Hall–Kier alpha value is -1.20. The molecule has 0 spiro atoms. The fraction of sp³-hybridized carbons (Fsp3) is 0.375. The van der Waals surface area contributed by atoms with Crippen LogP contribution in [0, 0.1) is 0 Å². The van der Waals surface area contributed by atoms with Gasteiger partial charge in [-0.05, 0) is 14.1 Å². The van der Waals surface area contributed by atoms with Gasteiger partial charge in [-0.3, -0.25) is 4.40 Å². The highest BCUT2D eigenvalue weighted by molar-refractivity contribution is 6.29. The maximum absolute atomic E-state index is 5.73. The Labute approximate surface area is 86.3 Å². The van der Waals surface area contributed by atoms with Crippen LogP contribution in [0.5, 0.6) is 0 Å². The average molecular weight is 212 g/mol. The maximum Gasteiger partial charge on any atom is 0.165 e. The molecule has 2 aromatic rings. The van der Waals surface area contributed by atoms with Gasteiger partial charge in [0.15, 0.2) is 11.5 Å². The lowest BCUT2D eigenvalue weighted by Gasteiger charge is -2.06. The Kier molecular flexibility index (Phi) is 2.35. The highest BCUT2D eigenvalue weighted by Gasteiger charge is 2.06. The molecule has 2 heterocycles. The molecule has 2 aromatic heterocycles. The predicted molar refractivity (Wildman–Crippen MR) is 53.2 cm³/mol. The third-order valence-electron chi connectivity index (χ3n) is 1.80. The summed E-state index contributed by atoms with van der Waals surface area (Å²) in [6, 6.07) is 1.69. The molecule has 0 fully saturated rings. The molecule has 0 aliphatic carbocycles. The van der Waals surface area contributed by atoms with E-state index in [1.807, 2.05) is 23.4 Å². The van der Waals surface area contributed by atoms with Crippen LogP contribution in [0.25, 0.3) is 5.65 Å². The van der Waals surface area contributed by atoms with Crippen molar-refractivity contribution in [1.29, 1.82) is 0 Å². The van der Waals surface area contributed by atoms with Crippen LogP contribution in [0.4, 0.5) is 0 Å². The van der Waals surface area contributed by atoms with E-state index in [4.69, 9.17) is 11.6 Å². The van der Waals surface area contributed by atoms with Gasteiger partial charge in [0.2, 0.25) is 0 Å². The van der Waals surface area contributed by atoms with Crippen molar-refractivity contribution < 1.29 is 0 Å². The van der Waals surface area contributed by atoms with Crippen LogP contribution in [-0.2, 0) is 6.54 Å². The van der Waals surface area contributed by atoms with Gasteiger partial charge >= 0.3 is 0 Å². The summed E-state index contributed by atoms with van der Waals surface area (Å²) in [7, 11) is 3.95. The van der Waals surface area contributed by atoms with Crippen molar-refractivity contribution in [3.63, 3.8) is 0 Å². The normalized spacial score (nSPS) is 11.4. The average Bonchev–Trinajstić information content (AvgIpc) is 2.47. The molecule has 6 heteroatoms. The van der Waals surface area contributed by atoms with Gasteiger partial charge in [-0.25, -0.2) is 4.98 Å². The van der Waals surface area contributed by atoms with Gasteiger partial charge in [0.1, 0.15) is 11.5 Å². The minimum absolute atomic E-state index is 0.432. The van der Waals surface area contributed by atoms with Gasteiger partial charge in [-0.2, -0.15) is 0 Å². The molecule has 0 atom stereocenters. The number of fused-ring (bicyclic) bond motifs is 1. The monoisotopic (exact) mass is 211 g/mol. The number of halogens is 1. The molecule has 0 saturated carbocycles. The Morgan fingerprint density at radius 3 is 2.93 bits per heavy atom. The lowest BCUT2D eigenvalue weighted by Crippen LogP contribution is -2.13. The molecular formula is C8H10ClN5. The summed E-state index contributed by atoms with van der Waals surface area (Å²) >= 11 is 5.73. The van der Waals surface area contributed by atoms with Gasteiger partial charge in [-0.1, -0.05) is 11.6 Å². The van der Waals surface area contributed by atoms with Crippen molar-refractivity contribution in [2.75, 3.05) is 14.1 Å². The first kappa shape index (κ1) is 9.36. The molecule has 0 aliphatic heterocycles. The van der Waals surface area contributed by atoms with Crippen LogP contribution in [0.1, 0.15) is 5.82 Å². The van der Waals surface area contributed by atoms with E-state index in [0.29, 0.717) is 5.15 Å². The van der Waals surface area contributed by atoms with E-state index in [1.165, 1.54) is 0 Å². The van der Waals surface area contributed by atoms with E-state index in [9.17, 15) is 0 Å². The van der Waals surface area contributed by atoms with Crippen molar-refractivity contribution in [3.8, 4) is 0 Å². The first-order valence-electron chi connectivity index (χ1n) is 4.16. The zero-order valence-corrected chi connectivity index (χ0v) is 8.73. The molecular weight excluding hydrogens is 202 g/mol. The van der Waals surface area contributed by atoms with Crippen LogP contribution >= 0.6 is 11.6 Å².